The molecule has 0 unspecified atom stereocenters. The Hall–Kier alpha value is -3.61. The van der Waals surface area contributed by atoms with Crippen molar-refractivity contribution in [2.24, 2.45) is 0 Å². The molecule has 2 heterocycles. The molecule has 0 aliphatic carbocycles. The van der Waals surface area contributed by atoms with Gasteiger partial charge in [-0.2, -0.15) is 4.98 Å². The highest BCUT2D eigenvalue weighted by Gasteiger charge is 2.20. The Morgan fingerprint density at radius 2 is 1.73 bits per heavy atom. The minimum Gasteiger partial charge on any atom is -0.497 e. The minimum absolute atomic E-state index is 0.0355. The maximum Gasteiger partial charge on any atom is 0.246 e. The molecule has 30 heavy (non-hydrogen) atoms. The highest BCUT2D eigenvalue weighted by molar-refractivity contribution is 5.92. The molecule has 0 saturated carbocycles. The molecule has 4 rings (SSSR count). The molecular formula is C23H24N4O3. The van der Waals surface area contributed by atoms with E-state index in [1.807, 2.05) is 47.4 Å². The number of anilines is 1. The van der Waals surface area contributed by atoms with Gasteiger partial charge in [-0.05, 0) is 48.0 Å². The first-order chi connectivity index (χ1) is 14.6. The average molecular weight is 404 g/mol. The monoisotopic (exact) mass is 404 g/mol. The van der Waals surface area contributed by atoms with Crippen LogP contribution in [0, 0.1) is 6.92 Å². The molecule has 0 atom stereocenters. The lowest BCUT2D eigenvalue weighted by Gasteiger charge is -2.35. The Bertz CT molecular complexity index is 1020. The van der Waals surface area contributed by atoms with Gasteiger partial charge in [0.15, 0.2) is 0 Å². The molecular weight excluding hydrogens is 380 g/mol. The number of carbonyl (C=O) groups is 1. The van der Waals surface area contributed by atoms with Crippen molar-refractivity contribution < 1.29 is 14.1 Å². The molecule has 1 saturated heterocycles. The lowest BCUT2D eigenvalue weighted by Crippen LogP contribution is -2.48. The third-order valence-corrected chi connectivity index (χ3v) is 5.14. The van der Waals surface area contributed by atoms with Gasteiger partial charge >= 0.3 is 0 Å². The smallest absolute Gasteiger partial charge is 0.246 e. The van der Waals surface area contributed by atoms with E-state index < -0.39 is 0 Å². The lowest BCUT2D eigenvalue weighted by molar-refractivity contribution is -0.126. The Morgan fingerprint density at radius 1 is 1.03 bits per heavy atom. The molecule has 1 aliphatic heterocycles. The molecule has 0 bridgehead atoms. The van der Waals surface area contributed by atoms with E-state index in [0.29, 0.717) is 24.8 Å². The second-order valence-electron chi connectivity index (χ2n) is 7.10. The number of carbonyl (C=O) groups excluding carboxylic acids is 1. The van der Waals surface area contributed by atoms with E-state index in [0.717, 1.165) is 35.7 Å². The van der Waals surface area contributed by atoms with Gasteiger partial charge in [0.05, 0.1) is 7.11 Å². The zero-order valence-electron chi connectivity index (χ0n) is 17.1. The number of hydrogen-bond donors (Lipinski definition) is 0. The minimum atomic E-state index is 0.0355. The van der Waals surface area contributed by atoms with E-state index in [-0.39, 0.29) is 5.91 Å². The molecule has 0 radical (unpaired) electrons. The van der Waals surface area contributed by atoms with Gasteiger partial charge in [-0.1, -0.05) is 17.3 Å². The van der Waals surface area contributed by atoms with E-state index >= 15 is 0 Å². The van der Waals surface area contributed by atoms with Crippen molar-refractivity contribution in [1.29, 1.82) is 0 Å². The highest BCUT2D eigenvalue weighted by Crippen LogP contribution is 2.22. The lowest BCUT2D eigenvalue weighted by atomic mass is 10.1. The van der Waals surface area contributed by atoms with Crippen molar-refractivity contribution in [2.75, 3.05) is 38.2 Å². The van der Waals surface area contributed by atoms with Gasteiger partial charge in [-0.25, -0.2) is 0 Å². The molecule has 0 spiro atoms. The van der Waals surface area contributed by atoms with Gasteiger partial charge < -0.3 is 19.1 Å². The number of hydrogen-bond acceptors (Lipinski definition) is 6. The SMILES string of the molecule is COc1ccc(C=CC(=O)N2CCN(c3ccc(-c4noc(C)n4)cc3)CC2)cc1. The first kappa shape index (κ1) is 19.7. The van der Waals surface area contributed by atoms with Crippen molar-refractivity contribution in [3.63, 3.8) is 0 Å². The number of rotatable bonds is 5. The summed E-state index contributed by atoms with van der Waals surface area (Å²) in [6, 6.07) is 15.7. The van der Waals surface area contributed by atoms with Crippen molar-refractivity contribution in [3.05, 3.63) is 66.1 Å². The number of benzene rings is 2. The van der Waals surface area contributed by atoms with E-state index in [1.54, 1.807) is 20.1 Å². The zero-order valence-corrected chi connectivity index (χ0v) is 17.1. The van der Waals surface area contributed by atoms with E-state index in [9.17, 15) is 4.79 Å². The Morgan fingerprint density at radius 3 is 2.33 bits per heavy atom. The number of ether oxygens (including phenoxy) is 1. The van der Waals surface area contributed by atoms with Crippen LogP contribution in [-0.2, 0) is 4.79 Å². The molecule has 1 fully saturated rings. The molecule has 3 aromatic rings. The summed E-state index contributed by atoms with van der Waals surface area (Å²) in [5.74, 6) is 1.98. The van der Waals surface area contributed by atoms with E-state index in [4.69, 9.17) is 9.26 Å². The Labute approximate surface area is 175 Å². The number of amides is 1. The molecule has 1 aromatic heterocycles. The molecule has 2 aromatic carbocycles. The van der Waals surface area contributed by atoms with Crippen LogP contribution in [-0.4, -0.2) is 54.2 Å². The number of aryl methyl sites for hydroxylation is 1. The summed E-state index contributed by atoms with van der Waals surface area (Å²) in [5.41, 5.74) is 3.02. The predicted octanol–water partition coefficient (Wildman–Crippen LogP) is 3.42. The predicted molar refractivity (Wildman–Crippen MR) is 115 cm³/mol. The van der Waals surface area contributed by atoms with Crippen LogP contribution >= 0.6 is 0 Å². The average Bonchev–Trinajstić information content (AvgIpc) is 3.24. The number of aromatic nitrogens is 2. The molecule has 7 heteroatoms. The first-order valence-electron chi connectivity index (χ1n) is 9.89. The van der Waals surface area contributed by atoms with Crippen LogP contribution in [0.1, 0.15) is 11.5 Å². The van der Waals surface area contributed by atoms with Crippen molar-refractivity contribution >= 4 is 17.7 Å². The largest absolute Gasteiger partial charge is 0.497 e. The van der Waals surface area contributed by atoms with Crippen LogP contribution in [0.5, 0.6) is 5.75 Å². The third kappa shape index (κ3) is 4.51. The highest BCUT2D eigenvalue weighted by atomic mass is 16.5. The van der Waals surface area contributed by atoms with Crippen LogP contribution < -0.4 is 9.64 Å². The van der Waals surface area contributed by atoms with Crippen LogP contribution in [0.2, 0.25) is 0 Å². The van der Waals surface area contributed by atoms with E-state index in [1.165, 1.54) is 0 Å². The summed E-state index contributed by atoms with van der Waals surface area (Å²) >= 11 is 0. The van der Waals surface area contributed by atoms with Crippen LogP contribution in [0.4, 0.5) is 5.69 Å². The van der Waals surface area contributed by atoms with Crippen molar-refractivity contribution in [1.82, 2.24) is 15.0 Å². The molecule has 1 amide bonds. The summed E-state index contributed by atoms with van der Waals surface area (Å²) in [4.78, 5) is 20.9. The summed E-state index contributed by atoms with van der Waals surface area (Å²) in [6.07, 6.45) is 3.48. The second kappa shape index (κ2) is 8.82. The topological polar surface area (TPSA) is 71.7 Å². The van der Waals surface area contributed by atoms with Gasteiger partial charge in [0, 0.05) is 50.4 Å². The zero-order chi connectivity index (χ0) is 20.9. The fourth-order valence-electron chi connectivity index (χ4n) is 3.41. The maximum absolute atomic E-state index is 12.5. The van der Waals surface area contributed by atoms with Gasteiger partial charge in [-0.15, -0.1) is 0 Å². The van der Waals surface area contributed by atoms with Crippen molar-refractivity contribution in [2.45, 2.75) is 6.92 Å². The summed E-state index contributed by atoms with van der Waals surface area (Å²) in [6.45, 7) is 4.75. The number of methoxy groups -OCH3 is 1. The summed E-state index contributed by atoms with van der Waals surface area (Å²) in [7, 11) is 1.64. The number of piperazine rings is 1. The third-order valence-electron chi connectivity index (χ3n) is 5.14. The second-order valence-corrected chi connectivity index (χ2v) is 7.10. The van der Waals surface area contributed by atoms with E-state index in [2.05, 4.69) is 27.2 Å². The molecule has 0 N–H and O–H groups in total. The Kier molecular flexibility index (Phi) is 5.79. The normalized spacial score (nSPS) is 14.3. The molecule has 154 valence electrons. The summed E-state index contributed by atoms with van der Waals surface area (Å²) in [5, 5.41) is 3.95. The van der Waals surface area contributed by atoms with Crippen LogP contribution in [0.25, 0.3) is 17.5 Å². The van der Waals surface area contributed by atoms with Gasteiger partial charge in [0.25, 0.3) is 0 Å². The first-order valence-corrected chi connectivity index (χ1v) is 9.89. The molecule has 7 nitrogen and oxygen atoms in total. The standard InChI is InChI=1S/C23H24N4O3/c1-17-24-23(25-30-17)19-6-8-20(9-7-19)26-13-15-27(16-14-26)22(28)12-5-18-3-10-21(29-2)11-4-18/h3-12H,13-16H2,1-2H3. The van der Waals surface area contributed by atoms with Gasteiger partial charge in [0.1, 0.15) is 5.75 Å². The number of nitrogens with zero attached hydrogens (tertiary/aromatic N) is 4. The van der Waals surface area contributed by atoms with Gasteiger partial charge in [-0.3, -0.25) is 4.79 Å². The quantitative estimate of drug-likeness (QED) is 0.607. The van der Waals surface area contributed by atoms with Crippen molar-refractivity contribution in [3.8, 4) is 17.1 Å². The van der Waals surface area contributed by atoms with Gasteiger partial charge in [0.2, 0.25) is 17.6 Å². The fourth-order valence-corrected chi connectivity index (χ4v) is 3.41. The Balaban J connectivity index is 1.31. The van der Waals surface area contributed by atoms with Crippen LogP contribution in [0.15, 0.2) is 59.1 Å². The maximum atomic E-state index is 12.5. The van der Waals surface area contributed by atoms with Crippen LogP contribution in [0.3, 0.4) is 0 Å². The molecule has 1 aliphatic rings. The fraction of sp³-hybridized carbons (Fsp3) is 0.261. The summed E-state index contributed by atoms with van der Waals surface area (Å²) < 4.78 is 10.2.